The molecule has 0 aromatic carbocycles. The summed E-state index contributed by atoms with van der Waals surface area (Å²) >= 11 is 0. The molecule has 0 saturated carbocycles. The molecule has 3 heterocycles. The van der Waals surface area contributed by atoms with E-state index < -0.39 is 0 Å². The third-order valence-corrected chi connectivity index (χ3v) is 4.17. The van der Waals surface area contributed by atoms with Crippen molar-refractivity contribution in [2.45, 2.75) is 18.9 Å². The second kappa shape index (κ2) is 8.19. The Labute approximate surface area is 146 Å². The highest BCUT2D eigenvalue weighted by Crippen LogP contribution is 2.12. The van der Waals surface area contributed by atoms with Crippen LogP contribution in [-0.4, -0.2) is 45.8 Å². The largest absolute Gasteiger partial charge is 0.349 e. The normalized spacial score (nSPS) is 15.3. The molecule has 1 saturated heterocycles. The number of nitrogens with zero attached hydrogens (tertiary/aromatic N) is 3. The van der Waals surface area contributed by atoms with Crippen molar-refractivity contribution in [2.75, 3.05) is 13.1 Å². The SMILES string of the molecule is O=C(NC1CCN(C(=O)/C=C\c2ccccn2)CC1)c1ccncc1. The van der Waals surface area contributed by atoms with E-state index in [1.165, 1.54) is 0 Å². The number of carbonyl (C=O) groups excluding carboxylic acids is 2. The Kier molecular flexibility index (Phi) is 5.51. The van der Waals surface area contributed by atoms with Gasteiger partial charge in [-0.15, -0.1) is 0 Å². The molecule has 0 aliphatic carbocycles. The van der Waals surface area contributed by atoms with Gasteiger partial charge in [-0.1, -0.05) is 6.07 Å². The highest BCUT2D eigenvalue weighted by molar-refractivity contribution is 5.94. The van der Waals surface area contributed by atoms with Crippen molar-refractivity contribution in [2.24, 2.45) is 0 Å². The van der Waals surface area contributed by atoms with Gasteiger partial charge in [0.25, 0.3) is 5.91 Å². The molecule has 1 N–H and O–H groups in total. The van der Waals surface area contributed by atoms with Gasteiger partial charge in [0.1, 0.15) is 0 Å². The minimum Gasteiger partial charge on any atom is -0.349 e. The van der Waals surface area contributed by atoms with Gasteiger partial charge in [0, 0.05) is 49.4 Å². The van der Waals surface area contributed by atoms with Crippen LogP contribution in [0.2, 0.25) is 0 Å². The third kappa shape index (κ3) is 4.73. The summed E-state index contributed by atoms with van der Waals surface area (Å²) in [6.45, 7) is 1.26. The Bertz CT molecular complexity index is 739. The maximum Gasteiger partial charge on any atom is 0.251 e. The molecule has 2 aromatic rings. The summed E-state index contributed by atoms with van der Waals surface area (Å²) in [6, 6.07) is 9.04. The summed E-state index contributed by atoms with van der Waals surface area (Å²) in [7, 11) is 0. The molecule has 1 fully saturated rings. The molecule has 128 valence electrons. The number of hydrogen-bond acceptors (Lipinski definition) is 4. The highest BCUT2D eigenvalue weighted by atomic mass is 16.2. The Morgan fingerprint density at radius 2 is 1.84 bits per heavy atom. The quantitative estimate of drug-likeness (QED) is 0.866. The standard InChI is InChI=1S/C19H20N4O2/c24-18(5-4-16-3-1-2-10-21-16)23-13-8-17(9-14-23)22-19(25)15-6-11-20-12-7-15/h1-7,10-12,17H,8-9,13-14H2,(H,22,25)/b5-4-. The second-order valence-electron chi connectivity index (χ2n) is 5.90. The third-order valence-electron chi connectivity index (χ3n) is 4.17. The molecule has 2 amide bonds. The summed E-state index contributed by atoms with van der Waals surface area (Å²) in [5.74, 6) is -0.119. The van der Waals surface area contributed by atoms with E-state index in [1.807, 2.05) is 18.2 Å². The molecule has 0 unspecified atom stereocenters. The number of aromatic nitrogens is 2. The maximum absolute atomic E-state index is 12.2. The molecule has 0 radical (unpaired) electrons. The van der Waals surface area contributed by atoms with Gasteiger partial charge in [-0.2, -0.15) is 0 Å². The van der Waals surface area contributed by atoms with Gasteiger partial charge in [-0.05, 0) is 43.2 Å². The number of pyridine rings is 2. The van der Waals surface area contributed by atoms with Crippen LogP contribution in [0.4, 0.5) is 0 Å². The van der Waals surface area contributed by atoms with Crippen molar-refractivity contribution in [3.63, 3.8) is 0 Å². The topological polar surface area (TPSA) is 75.2 Å². The zero-order chi connectivity index (χ0) is 17.5. The zero-order valence-corrected chi connectivity index (χ0v) is 13.8. The lowest BCUT2D eigenvalue weighted by Crippen LogP contribution is -2.46. The predicted octanol–water partition coefficient (Wildman–Crippen LogP) is 1.91. The molecule has 3 rings (SSSR count). The fourth-order valence-electron chi connectivity index (χ4n) is 2.75. The van der Waals surface area contributed by atoms with Crippen LogP contribution >= 0.6 is 0 Å². The fourth-order valence-corrected chi connectivity index (χ4v) is 2.75. The Morgan fingerprint density at radius 3 is 2.52 bits per heavy atom. The molecule has 2 aromatic heterocycles. The van der Waals surface area contributed by atoms with Crippen molar-refractivity contribution < 1.29 is 9.59 Å². The van der Waals surface area contributed by atoms with Crippen molar-refractivity contribution in [1.82, 2.24) is 20.2 Å². The highest BCUT2D eigenvalue weighted by Gasteiger charge is 2.23. The number of piperidine rings is 1. The van der Waals surface area contributed by atoms with Gasteiger partial charge in [-0.3, -0.25) is 19.6 Å². The Hall–Kier alpha value is -3.02. The number of rotatable bonds is 4. The molecule has 0 atom stereocenters. The fraction of sp³-hybridized carbons (Fsp3) is 0.263. The first-order valence-electron chi connectivity index (χ1n) is 8.31. The lowest BCUT2D eigenvalue weighted by Gasteiger charge is -2.31. The van der Waals surface area contributed by atoms with E-state index in [0.717, 1.165) is 18.5 Å². The van der Waals surface area contributed by atoms with Crippen molar-refractivity contribution in [3.05, 3.63) is 66.3 Å². The number of amides is 2. The molecule has 6 nitrogen and oxygen atoms in total. The molecule has 1 aliphatic rings. The first-order chi connectivity index (χ1) is 12.2. The minimum atomic E-state index is -0.0952. The van der Waals surface area contributed by atoms with Crippen LogP contribution in [0.5, 0.6) is 0 Å². The molecule has 25 heavy (non-hydrogen) atoms. The molecular weight excluding hydrogens is 316 g/mol. The van der Waals surface area contributed by atoms with Crippen LogP contribution < -0.4 is 5.32 Å². The van der Waals surface area contributed by atoms with Crippen LogP contribution in [0.3, 0.4) is 0 Å². The van der Waals surface area contributed by atoms with E-state index in [-0.39, 0.29) is 17.9 Å². The van der Waals surface area contributed by atoms with Crippen molar-refractivity contribution in [3.8, 4) is 0 Å². The number of nitrogens with one attached hydrogen (secondary N) is 1. The summed E-state index contributed by atoms with van der Waals surface area (Å²) in [4.78, 5) is 34.3. The number of carbonyl (C=O) groups is 2. The van der Waals surface area contributed by atoms with Crippen LogP contribution in [0.1, 0.15) is 28.9 Å². The van der Waals surface area contributed by atoms with Gasteiger partial charge in [0.2, 0.25) is 5.91 Å². The first-order valence-corrected chi connectivity index (χ1v) is 8.31. The maximum atomic E-state index is 12.2. The second-order valence-corrected chi connectivity index (χ2v) is 5.90. The van der Waals surface area contributed by atoms with Crippen LogP contribution in [0.15, 0.2) is 55.0 Å². The van der Waals surface area contributed by atoms with Gasteiger partial charge in [0.05, 0.1) is 5.69 Å². The van der Waals surface area contributed by atoms with Gasteiger partial charge >= 0.3 is 0 Å². The van der Waals surface area contributed by atoms with E-state index in [2.05, 4.69) is 15.3 Å². The van der Waals surface area contributed by atoms with E-state index in [9.17, 15) is 9.59 Å². The number of likely N-dealkylation sites (tertiary alicyclic amines) is 1. The van der Waals surface area contributed by atoms with Gasteiger partial charge < -0.3 is 10.2 Å². The van der Waals surface area contributed by atoms with E-state index in [0.29, 0.717) is 18.7 Å². The van der Waals surface area contributed by atoms with E-state index in [4.69, 9.17) is 0 Å². The van der Waals surface area contributed by atoms with Crippen molar-refractivity contribution in [1.29, 1.82) is 0 Å². The number of hydrogen-bond donors (Lipinski definition) is 1. The van der Waals surface area contributed by atoms with E-state index >= 15 is 0 Å². The van der Waals surface area contributed by atoms with Crippen LogP contribution in [0, 0.1) is 0 Å². The molecular formula is C19H20N4O2. The lowest BCUT2D eigenvalue weighted by molar-refractivity contribution is -0.126. The summed E-state index contributed by atoms with van der Waals surface area (Å²) in [5, 5.41) is 3.02. The first kappa shape index (κ1) is 16.8. The van der Waals surface area contributed by atoms with Crippen LogP contribution in [0.25, 0.3) is 6.08 Å². The average molecular weight is 336 g/mol. The zero-order valence-electron chi connectivity index (χ0n) is 13.8. The van der Waals surface area contributed by atoms with Gasteiger partial charge in [0.15, 0.2) is 0 Å². The lowest BCUT2D eigenvalue weighted by atomic mass is 10.0. The van der Waals surface area contributed by atoms with Crippen molar-refractivity contribution >= 4 is 17.9 Å². The molecule has 6 heteroatoms. The Balaban J connectivity index is 1.47. The molecule has 0 spiro atoms. The molecule has 0 bridgehead atoms. The predicted molar refractivity (Wildman–Crippen MR) is 94.6 cm³/mol. The summed E-state index contributed by atoms with van der Waals surface area (Å²) in [6.07, 6.45) is 9.67. The average Bonchev–Trinajstić information content (AvgIpc) is 2.68. The summed E-state index contributed by atoms with van der Waals surface area (Å²) < 4.78 is 0. The molecule has 1 aliphatic heterocycles. The van der Waals surface area contributed by atoms with E-state index in [1.54, 1.807) is 47.8 Å². The smallest absolute Gasteiger partial charge is 0.251 e. The summed E-state index contributed by atoms with van der Waals surface area (Å²) in [5.41, 5.74) is 1.36. The van der Waals surface area contributed by atoms with Gasteiger partial charge in [-0.25, -0.2) is 0 Å². The Morgan fingerprint density at radius 1 is 1.08 bits per heavy atom. The minimum absolute atomic E-state index is 0.0236. The van der Waals surface area contributed by atoms with Crippen LogP contribution in [-0.2, 0) is 4.79 Å². The monoisotopic (exact) mass is 336 g/mol.